The standard InChI is InChI=1S/C17H20BrNO/c1-3-9-19-12-14-7-8-16(11-17(14)18)20-15-6-4-5-13(2)10-15/h4-8,10-11,19H,3,9,12H2,1-2H3. The molecule has 2 rings (SSSR count). The average molecular weight is 334 g/mol. The zero-order chi connectivity index (χ0) is 14.4. The first-order chi connectivity index (χ1) is 9.69. The topological polar surface area (TPSA) is 21.3 Å². The Morgan fingerprint density at radius 2 is 1.90 bits per heavy atom. The maximum atomic E-state index is 5.87. The Labute approximate surface area is 129 Å². The Morgan fingerprint density at radius 3 is 2.60 bits per heavy atom. The summed E-state index contributed by atoms with van der Waals surface area (Å²) in [5.41, 5.74) is 2.44. The van der Waals surface area contributed by atoms with Crippen LogP contribution >= 0.6 is 15.9 Å². The van der Waals surface area contributed by atoms with Gasteiger partial charge in [0.1, 0.15) is 11.5 Å². The number of rotatable bonds is 6. The highest BCUT2D eigenvalue weighted by Crippen LogP contribution is 2.27. The average Bonchev–Trinajstić information content (AvgIpc) is 2.41. The van der Waals surface area contributed by atoms with Gasteiger partial charge >= 0.3 is 0 Å². The molecule has 0 saturated heterocycles. The van der Waals surface area contributed by atoms with Crippen molar-refractivity contribution in [2.75, 3.05) is 6.54 Å². The maximum Gasteiger partial charge on any atom is 0.128 e. The second kappa shape index (κ2) is 7.46. The van der Waals surface area contributed by atoms with Gasteiger partial charge in [-0.1, -0.05) is 41.1 Å². The molecule has 0 aliphatic carbocycles. The minimum absolute atomic E-state index is 0.849. The number of benzene rings is 2. The molecule has 0 aliphatic heterocycles. The highest BCUT2D eigenvalue weighted by atomic mass is 79.9. The van der Waals surface area contributed by atoms with Gasteiger partial charge in [-0.15, -0.1) is 0 Å². The first-order valence-corrected chi connectivity index (χ1v) is 7.72. The summed E-state index contributed by atoms with van der Waals surface area (Å²) in [6.07, 6.45) is 1.15. The quantitative estimate of drug-likeness (QED) is 0.747. The van der Waals surface area contributed by atoms with Gasteiger partial charge < -0.3 is 10.1 Å². The van der Waals surface area contributed by atoms with Gasteiger partial charge in [-0.05, 0) is 55.3 Å². The molecule has 2 aromatic carbocycles. The highest BCUT2D eigenvalue weighted by molar-refractivity contribution is 9.10. The van der Waals surface area contributed by atoms with Crippen LogP contribution in [0.4, 0.5) is 0 Å². The van der Waals surface area contributed by atoms with Crippen LogP contribution in [0.2, 0.25) is 0 Å². The SMILES string of the molecule is CCCNCc1ccc(Oc2cccc(C)c2)cc1Br. The van der Waals surface area contributed by atoms with Crippen molar-refractivity contribution < 1.29 is 4.74 Å². The van der Waals surface area contributed by atoms with Gasteiger partial charge in [0.05, 0.1) is 0 Å². The van der Waals surface area contributed by atoms with Crippen molar-refractivity contribution in [2.45, 2.75) is 26.8 Å². The Balaban J connectivity index is 2.05. The lowest BCUT2D eigenvalue weighted by Crippen LogP contribution is -2.14. The van der Waals surface area contributed by atoms with Crippen LogP contribution in [0.5, 0.6) is 11.5 Å². The summed E-state index contributed by atoms with van der Waals surface area (Å²) in [5.74, 6) is 1.72. The molecule has 0 atom stereocenters. The fourth-order valence-corrected chi connectivity index (χ4v) is 2.45. The Bertz CT molecular complexity index is 569. The molecule has 106 valence electrons. The molecule has 0 saturated carbocycles. The number of hydrogen-bond acceptors (Lipinski definition) is 2. The van der Waals surface area contributed by atoms with Crippen LogP contribution in [-0.2, 0) is 6.54 Å². The van der Waals surface area contributed by atoms with E-state index in [0.29, 0.717) is 0 Å². The molecule has 0 aliphatic rings. The fourth-order valence-electron chi connectivity index (χ4n) is 1.95. The van der Waals surface area contributed by atoms with Crippen molar-refractivity contribution in [2.24, 2.45) is 0 Å². The van der Waals surface area contributed by atoms with Crippen LogP contribution in [0.1, 0.15) is 24.5 Å². The predicted molar refractivity (Wildman–Crippen MR) is 87.4 cm³/mol. The molecule has 2 nitrogen and oxygen atoms in total. The molecular formula is C17H20BrNO. The van der Waals surface area contributed by atoms with Crippen LogP contribution in [0.25, 0.3) is 0 Å². The van der Waals surface area contributed by atoms with Gasteiger partial charge in [0.15, 0.2) is 0 Å². The molecule has 0 heterocycles. The molecular weight excluding hydrogens is 314 g/mol. The zero-order valence-corrected chi connectivity index (χ0v) is 13.5. The summed E-state index contributed by atoms with van der Waals surface area (Å²) in [7, 11) is 0. The van der Waals surface area contributed by atoms with Crippen molar-refractivity contribution in [1.29, 1.82) is 0 Å². The van der Waals surface area contributed by atoms with Crippen molar-refractivity contribution in [3.05, 3.63) is 58.1 Å². The molecule has 2 aromatic rings. The lowest BCUT2D eigenvalue weighted by atomic mass is 10.2. The molecule has 0 amide bonds. The Morgan fingerprint density at radius 1 is 1.10 bits per heavy atom. The monoisotopic (exact) mass is 333 g/mol. The van der Waals surface area contributed by atoms with Crippen LogP contribution in [0.3, 0.4) is 0 Å². The maximum absolute atomic E-state index is 5.87. The summed E-state index contributed by atoms with van der Waals surface area (Å²) in [4.78, 5) is 0. The Hall–Kier alpha value is -1.32. The van der Waals surface area contributed by atoms with E-state index in [9.17, 15) is 0 Å². The summed E-state index contributed by atoms with van der Waals surface area (Å²) in [6.45, 7) is 6.14. The molecule has 0 aromatic heterocycles. The Kier molecular flexibility index (Phi) is 5.62. The largest absolute Gasteiger partial charge is 0.457 e. The molecule has 3 heteroatoms. The number of aryl methyl sites for hydroxylation is 1. The number of halogens is 1. The minimum Gasteiger partial charge on any atom is -0.457 e. The van der Waals surface area contributed by atoms with Crippen LogP contribution in [-0.4, -0.2) is 6.54 Å². The molecule has 1 N–H and O–H groups in total. The highest BCUT2D eigenvalue weighted by Gasteiger charge is 2.03. The van der Waals surface area contributed by atoms with E-state index in [1.165, 1.54) is 11.1 Å². The molecule has 20 heavy (non-hydrogen) atoms. The van der Waals surface area contributed by atoms with E-state index >= 15 is 0 Å². The van der Waals surface area contributed by atoms with Crippen molar-refractivity contribution >= 4 is 15.9 Å². The first-order valence-electron chi connectivity index (χ1n) is 6.92. The van der Waals surface area contributed by atoms with Gasteiger partial charge in [0, 0.05) is 11.0 Å². The van der Waals surface area contributed by atoms with E-state index in [4.69, 9.17) is 4.74 Å². The van der Waals surface area contributed by atoms with Crippen molar-refractivity contribution in [3.63, 3.8) is 0 Å². The summed E-state index contributed by atoms with van der Waals surface area (Å²) >= 11 is 3.61. The first kappa shape index (κ1) is 15.1. The normalized spacial score (nSPS) is 10.6. The molecule has 0 spiro atoms. The molecule has 0 radical (unpaired) electrons. The van der Waals surface area contributed by atoms with E-state index in [2.05, 4.69) is 47.2 Å². The van der Waals surface area contributed by atoms with Crippen molar-refractivity contribution in [1.82, 2.24) is 5.32 Å². The molecule has 0 bridgehead atoms. The van der Waals surface area contributed by atoms with E-state index in [1.807, 2.05) is 30.3 Å². The summed E-state index contributed by atoms with van der Waals surface area (Å²) in [6, 6.07) is 14.2. The lowest BCUT2D eigenvalue weighted by Gasteiger charge is -2.10. The van der Waals surface area contributed by atoms with Crippen LogP contribution < -0.4 is 10.1 Å². The zero-order valence-electron chi connectivity index (χ0n) is 11.9. The van der Waals surface area contributed by atoms with Gasteiger partial charge in [-0.3, -0.25) is 0 Å². The van der Waals surface area contributed by atoms with Crippen LogP contribution in [0, 0.1) is 6.92 Å². The van der Waals surface area contributed by atoms with E-state index in [0.717, 1.165) is 35.5 Å². The number of hydrogen-bond donors (Lipinski definition) is 1. The van der Waals surface area contributed by atoms with Gasteiger partial charge in [-0.25, -0.2) is 0 Å². The minimum atomic E-state index is 0.849. The van der Waals surface area contributed by atoms with E-state index in [1.54, 1.807) is 0 Å². The van der Waals surface area contributed by atoms with E-state index < -0.39 is 0 Å². The number of ether oxygens (including phenoxy) is 1. The number of nitrogens with one attached hydrogen (secondary N) is 1. The third kappa shape index (κ3) is 4.36. The molecule has 0 unspecified atom stereocenters. The predicted octanol–water partition coefficient (Wildman–Crippen LogP) is 5.05. The fraction of sp³-hybridized carbons (Fsp3) is 0.294. The van der Waals surface area contributed by atoms with Gasteiger partial charge in [0.25, 0.3) is 0 Å². The van der Waals surface area contributed by atoms with Gasteiger partial charge in [-0.2, -0.15) is 0 Å². The second-order valence-electron chi connectivity index (χ2n) is 4.85. The third-order valence-electron chi connectivity index (χ3n) is 2.99. The van der Waals surface area contributed by atoms with E-state index in [-0.39, 0.29) is 0 Å². The van der Waals surface area contributed by atoms with Crippen molar-refractivity contribution in [3.8, 4) is 11.5 Å². The second-order valence-corrected chi connectivity index (χ2v) is 5.70. The van der Waals surface area contributed by atoms with Gasteiger partial charge in [0.2, 0.25) is 0 Å². The summed E-state index contributed by atoms with van der Waals surface area (Å²) in [5, 5.41) is 3.40. The lowest BCUT2D eigenvalue weighted by molar-refractivity contribution is 0.481. The molecule has 0 fully saturated rings. The summed E-state index contributed by atoms with van der Waals surface area (Å²) < 4.78 is 6.95. The smallest absolute Gasteiger partial charge is 0.128 e. The third-order valence-corrected chi connectivity index (χ3v) is 3.73. The van der Waals surface area contributed by atoms with Crippen LogP contribution in [0.15, 0.2) is 46.9 Å².